The molecular formula is C17H17N3OS. The maximum Gasteiger partial charge on any atom is 0.239 e. The number of nitrogens with one attached hydrogen (secondary N) is 1. The van der Waals surface area contributed by atoms with Crippen molar-refractivity contribution in [2.45, 2.75) is 13.5 Å². The quantitative estimate of drug-likeness (QED) is 0.785. The van der Waals surface area contributed by atoms with Gasteiger partial charge in [0.15, 0.2) is 0 Å². The Morgan fingerprint density at radius 3 is 2.82 bits per heavy atom. The second-order valence-corrected chi connectivity index (χ2v) is 5.74. The summed E-state index contributed by atoms with van der Waals surface area (Å²) in [6, 6.07) is 14.0. The molecule has 0 atom stereocenters. The summed E-state index contributed by atoms with van der Waals surface area (Å²) < 4.78 is 1.93. The van der Waals surface area contributed by atoms with Gasteiger partial charge in [-0.1, -0.05) is 30.3 Å². The molecule has 4 nitrogen and oxygen atoms in total. The molecule has 1 amide bonds. The molecule has 0 aliphatic carbocycles. The zero-order valence-electron chi connectivity index (χ0n) is 12.3. The number of thiazole rings is 1. The molecule has 0 aliphatic heterocycles. The van der Waals surface area contributed by atoms with Crippen LogP contribution in [0.4, 0.5) is 0 Å². The van der Waals surface area contributed by atoms with Gasteiger partial charge >= 0.3 is 0 Å². The molecule has 22 heavy (non-hydrogen) atoms. The molecule has 0 radical (unpaired) electrons. The normalized spacial score (nSPS) is 10.6. The fraction of sp³-hybridized carbons (Fsp3) is 0.176. The maximum atomic E-state index is 11.8. The minimum atomic E-state index is 0.0137. The summed E-state index contributed by atoms with van der Waals surface area (Å²) in [5, 5.41) is 5.79. The van der Waals surface area contributed by atoms with Gasteiger partial charge < -0.3 is 9.88 Å². The lowest BCUT2D eigenvalue weighted by molar-refractivity contribution is -0.121. The average Bonchev–Trinajstić information content (AvgIpc) is 3.17. The highest BCUT2D eigenvalue weighted by molar-refractivity contribution is 7.13. The van der Waals surface area contributed by atoms with Crippen LogP contribution in [0, 0.1) is 0 Å². The third-order valence-corrected chi connectivity index (χ3v) is 4.18. The van der Waals surface area contributed by atoms with Crippen LogP contribution >= 0.6 is 11.3 Å². The van der Waals surface area contributed by atoms with Crippen LogP contribution in [0.3, 0.4) is 0 Å². The molecule has 0 aliphatic rings. The Morgan fingerprint density at radius 2 is 2.05 bits per heavy atom. The summed E-state index contributed by atoms with van der Waals surface area (Å²) in [6.45, 7) is 2.88. The van der Waals surface area contributed by atoms with Crippen molar-refractivity contribution in [3.63, 3.8) is 0 Å². The van der Waals surface area contributed by atoms with Gasteiger partial charge in [0.2, 0.25) is 5.91 Å². The molecule has 0 unspecified atom stereocenters. The molecule has 1 N–H and O–H groups in total. The van der Waals surface area contributed by atoms with E-state index in [1.165, 1.54) is 0 Å². The van der Waals surface area contributed by atoms with Gasteiger partial charge in [-0.15, -0.1) is 11.3 Å². The fourth-order valence-corrected chi connectivity index (χ4v) is 3.16. The summed E-state index contributed by atoms with van der Waals surface area (Å²) in [4.78, 5) is 16.5. The third kappa shape index (κ3) is 3.09. The predicted octanol–water partition coefficient (Wildman–Crippen LogP) is 3.41. The van der Waals surface area contributed by atoms with Crippen LogP contribution in [0.15, 0.2) is 54.0 Å². The minimum absolute atomic E-state index is 0.0137. The van der Waals surface area contributed by atoms with Crippen molar-refractivity contribution >= 4 is 17.2 Å². The zero-order valence-corrected chi connectivity index (χ0v) is 13.1. The molecular weight excluding hydrogens is 294 g/mol. The van der Waals surface area contributed by atoms with Gasteiger partial charge in [-0.3, -0.25) is 4.79 Å². The number of likely N-dealkylation sites (N-methyl/N-ethyl adjacent to an activating group) is 1. The lowest BCUT2D eigenvalue weighted by Crippen LogP contribution is -2.27. The van der Waals surface area contributed by atoms with Gasteiger partial charge in [-0.25, -0.2) is 4.98 Å². The molecule has 0 spiro atoms. The largest absolute Gasteiger partial charge is 0.355 e. The Bertz CT molecular complexity index is 761. The first-order valence-corrected chi connectivity index (χ1v) is 8.09. The maximum absolute atomic E-state index is 11.8. The molecule has 5 heteroatoms. The highest BCUT2D eigenvalue weighted by Gasteiger charge is 2.12. The van der Waals surface area contributed by atoms with Crippen molar-refractivity contribution in [2.75, 3.05) is 6.54 Å². The van der Waals surface area contributed by atoms with Crippen molar-refractivity contribution < 1.29 is 4.79 Å². The summed E-state index contributed by atoms with van der Waals surface area (Å²) in [5.41, 5.74) is 3.04. The Morgan fingerprint density at radius 1 is 1.23 bits per heavy atom. The highest BCUT2D eigenvalue weighted by Crippen LogP contribution is 2.29. The number of hydrogen-bond donors (Lipinski definition) is 1. The SMILES string of the molecule is CCNC(=O)Cn1cccc1-c1nc(-c2ccccc2)cs1. The van der Waals surface area contributed by atoms with E-state index >= 15 is 0 Å². The van der Waals surface area contributed by atoms with Gasteiger partial charge in [0.1, 0.15) is 11.6 Å². The monoisotopic (exact) mass is 311 g/mol. The summed E-state index contributed by atoms with van der Waals surface area (Å²) in [5.74, 6) is 0.0137. The van der Waals surface area contributed by atoms with Crippen molar-refractivity contribution in [3.8, 4) is 22.0 Å². The lowest BCUT2D eigenvalue weighted by Gasteiger charge is -2.07. The molecule has 0 saturated heterocycles. The van der Waals surface area contributed by atoms with Crippen LogP contribution in [-0.4, -0.2) is 22.0 Å². The van der Waals surface area contributed by atoms with Crippen molar-refractivity contribution in [3.05, 3.63) is 54.0 Å². The third-order valence-electron chi connectivity index (χ3n) is 3.31. The number of benzene rings is 1. The van der Waals surface area contributed by atoms with E-state index in [9.17, 15) is 4.79 Å². The van der Waals surface area contributed by atoms with Crippen LogP contribution in [0.2, 0.25) is 0 Å². The van der Waals surface area contributed by atoms with E-state index in [2.05, 4.69) is 5.32 Å². The molecule has 3 rings (SSSR count). The van der Waals surface area contributed by atoms with Gasteiger partial charge in [0.25, 0.3) is 0 Å². The standard InChI is InChI=1S/C17H17N3OS/c1-2-18-16(21)11-20-10-6-9-15(20)17-19-14(12-22-17)13-7-4-3-5-8-13/h3-10,12H,2,11H2,1H3,(H,18,21). The first-order valence-electron chi connectivity index (χ1n) is 7.21. The van der Waals surface area contributed by atoms with Gasteiger partial charge in [0.05, 0.1) is 11.4 Å². The average molecular weight is 311 g/mol. The van der Waals surface area contributed by atoms with E-state index < -0.39 is 0 Å². The van der Waals surface area contributed by atoms with E-state index in [0.29, 0.717) is 13.1 Å². The summed E-state index contributed by atoms with van der Waals surface area (Å²) in [7, 11) is 0. The first-order chi connectivity index (χ1) is 10.8. The van der Waals surface area contributed by atoms with E-state index in [4.69, 9.17) is 4.98 Å². The molecule has 2 aromatic heterocycles. The Balaban J connectivity index is 1.85. The zero-order chi connectivity index (χ0) is 15.4. The van der Waals surface area contributed by atoms with Gasteiger partial charge in [-0.05, 0) is 19.1 Å². The van der Waals surface area contributed by atoms with Gasteiger partial charge in [0, 0.05) is 23.7 Å². The van der Waals surface area contributed by atoms with Crippen LogP contribution in [0.5, 0.6) is 0 Å². The van der Waals surface area contributed by atoms with Crippen molar-refractivity contribution in [1.29, 1.82) is 0 Å². The number of carbonyl (C=O) groups excluding carboxylic acids is 1. The number of amides is 1. The molecule has 3 aromatic rings. The molecule has 112 valence electrons. The first kappa shape index (κ1) is 14.5. The van der Waals surface area contributed by atoms with Crippen molar-refractivity contribution in [1.82, 2.24) is 14.9 Å². The number of nitrogens with zero attached hydrogens (tertiary/aromatic N) is 2. The topological polar surface area (TPSA) is 46.9 Å². The summed E-state index contributed by atoms with van der Waals surface area (Å²) >= 11 is 1.59. The van der Waals surface area contributed by atoms with E-state index in [1.54, 1.807) is 11.3 Å². The molecule has 0 bridgehead atoms. The van der Waals surface area contributed by atoms with Crippen LogP contribution in [0.1, 0.15) is 6.92 Å². The van der Waals surface area contributed by atoms with Gasteiger partial charge in [-0.2, -0.15) is 0 Å². The smallest absolute Gasteiger partial charge is 0.239 e. The van der Waals surface area contributed by atoms with Crippen LogP contribution < -0.4 is 5.32 Å². The number of aromatic nitrogens is 2. The number of rotatable bonds is 5. The molecule has 1 aromatic carbocycles. The van der Waals surface area contributed by atoms with Crippen LogP contribution in [0.25, 0.3) is 22.0 Å². The molecule has 0 saturated carbocycles. The Kier molecular flexibility index (Phi) is 4.34. The molecule has 2 heterocycles. The minimum Gasteiger partial charge on any atom is -0.355 e. The lowest BCUT2D eigenvalue weighted by atomic mass is 10.2. The Labute approximate surface area is 133 Å². The second kappa shape index (κ2) is 6.58. The second-order valence-electron chi connectivity index (χ2n) is 4.88. The predicted molar refractivity (Wildman–Crippen MR) is 89.7 cm³/mol. The van der Waals surface area contributed by atoms with E-state index in [0.717, 1.165) is 22.0 Å². The Hall–Kier alpha value is -2.40. The number of hydrogen-bond acceptors (Lipinski definition) is 3. The highest BCUT2D eigenvalue weighted by atomic mass is 32.1. The molecule has 0 fully saturated rings. The summed E-state index contributed by atoms with van der Waals surface area (Å²) in [6.07, 6.45) is 1.91. The fourth-order valence-electron chi connectivity index (χ4n) is 2.29. The van der Waals surface area contributed by atoms with Crippen molar-refractivity contribution in [2.24, 2.45) is 0 Å². The van der Waals surface area contributed by atoms with Crippen LogP contribution in [-0.2, 0) is 11.3 Å². The van der Waals surface area contributed by atoms with E-state index in [-0.39, 0.29) is 5.91 Å². The number of carbonyl (C=O) groups is 1. The van der Waals surface area contributed by atoms with E-state index in [1.807, 2.05) is 65.5 Å².